The molecular formula is C12H18N6. The summed E-state index contributed by atoms with van der Waals surface area (Å²) >= 11 is 0. The predicted octanol–water partition coefficient (Wildman–Crippen LogP) is 1.25. The standard InChI is InChI=1S/C12H18N6/c13-7-10-12(14)17(9-3-1-2-4-9)6-5-11-16-15-8-18(10)11/h7-10,13-14H,1-6H2. The zero-order chi connectivity index (χ0) is 12.5. The van der Waals surface area contributed by atoms with Gasteiger partial charge in [0.05, 0.1) is 0 Å². The van der Waals surface area contributed by atoms with Crippen LogP contribution < -0.4 is 0 Å². The van der Waals surface area contributed by atoms with Crippen molar-refractivity contribution in [1.29, 1.82) is 10.8 Å². The van der Waals surface area contributed by atoms with Gasteiger partial charge >= 0.3 is 0 Å². The average Bonchev–Trinajstić information content (AvgIpc) is 3.01. The van der Waals surface area contributed by atoms with Gasteiger partial charge in [-0.15, -0.1) is 10.2 Å². The van der Waals surface area contributed by atoms with Crippen LogP contribution in [0.2, 0.25) is 0 Å². The summed E-state index contributed by atoms with van der Waals surface area (Å²) < 4.78 is 1.85. The molecule has 1 aromatic heterocycles. The first-order valence-corrected chi connectivity index (χ1v) is 6.55. The molecule has 0 amide bonds. The molecule has 96 valence electrons. The van der Waals surface area contributed by atoms with Gasteiger partial charge < -0.3 is 14.9 Å². The van der Waals surface area contributed by atoms with E-state index in [0.29, 0.717) is 11.9 Å². The zero-order valence-electron chi connectivity index (χ0n) is 10.3. The van der Waals surface area contributed by atoms with E-state index in [1.807, 2.05) is 4.57 Å². The largest absolute Gasteiger partial charge is 0.355 e. The molecular weight excluding hydrogens is 228 g/mol. The maximum absolute atomic E-state index is 8.38. The fourth-order valence-electron chi connectivity index (χ4n) is 3.07. The second kappa shape index (κ2) is 4.51. The Morgan fingerprint density at radius 3 is 2.83 bits per heavy atom. The smallest absolute Gasteiger partial charge is 0.135 e. The molecule has 1 aromatic rings. The molecule has 2 aliphatic rings. The van der Waals surface area contributed by atoms with E-state index < -0.39 is 0 Å². The van der Waals surface area contributed by atoms with Crippen molar-refractivity contribution in [2.45, 2.75) is 44.2 Å². The number of aromatic nitrogens is 3. The topological polar surface area (TPSA) is 81.7 Å². The monoisotopic (exact) mass is 246 g/mol. The third-order valence-corrected chi connectivity index (χ3v) is 4.04. The Morgan fingerprint density at radius 2 is 2.11 bits per heavy atom. The quantitative estimate of drug-likeness (QED) is 0.770. The van der Waals surface area contributed by atoms with Crippen LogP contribution in [0, 0.1) is 10.8 Å². The van der Waals surface area contributed by atoms with Crippen molar-refractivity contribution in [2.75, 3.05) is 6.54 Å². The van der Waals surface area contributed by atoms with Crippen LogP contribution in [0.4, 0.5) is 0 Å². The lowest BCUT2D eigenvalue weighted by molar-refractivity contribution is 0.312. The summed E-state index contributed by atoms with van der Waals surface area (Å²) in [5.74, 6) is 1.41. The van der Waals surface area contributed by atoms with E-state index in [1.54, 1.807) is 6.33 Å². The van der Waals surface area contributed by atoms with Gasteiger partial charge in [-0.2, -0.15) is 0 Å². The van der Waals surface area contributed by atoms with Crippen molar-refractivity contribution in [1.82, 2.24) is 19.7 Å². The molecule has 1 aliphatic heterocycles. The Bertz CT molecular complexity index is 459. The Balaban J connectivity index is 1.91. The lowest BCUT2D eigenvalue weighted by atomic mass is 10.1. The molecule has 0 saturated heterocycles. The van der Waals surface area contributed by atoms with Crippen molar-refractivity contribution < 1.29 is 0 Å². The number of rotatable bonds is 2. The molecule has 0 radical (unpaired) electrons. The molecule has 0 bridgehead atoms. The van der Waals surface area contributed by atoms with Gasteiger partial charge in [-0.3, -0.25) is 5.41 Å². The Hall–Kier alpha value is -1.72. The summed E-state index contributed by atoms with van der Waals surface area (Å²) in [6.07, 6.45) is 8.64. The minimum absolute atomic E-state index is 0.335. The third kappa shape index (κ3) is 1.72. The minimum atomic E-state index is -0.335. The van der Waals surface area contributed by atoms with Crippen molar-refractivity contribution >= 4 is 12.1 Å². The number of hydrogen-bond acceptors (Lipinski definition) is 4. The molecule has 6 nitrogen and oxygen atoms in total. The summed E-state index contributed by atoms with van der Waals surface area (Å²) in [6.45, 7) is 0.826. The van der Waals surface area contributed by atoms with Crippen LogP contribution in [0.5, 0.6) is 0 Å². The second-order valence-electron chi connectivity index (χ2n) is 5.03. The normalized spacial score (nSPS) is 25.0. The lowest BCUT2D eigenvalue weighted by Gasteiger charge is -2.31. The number of fused-ring (bicyclic) bond motifs is 1. The first-order valence-electron chi connectivity index (χ1n) is 6.55. The van der Waals surface area contributed by atoms with Crippen molar-refractivity contribution in [2.24, 2.45) is 0 Å². The average molecular weight is 246 g/mol. The summed E-state index contributed by atoms with van der Waals surface area (Å²) in [7, 11) is 0. The van der Waals surface area contributed by atoms with Gasteiger partial charge in [0, 0.05) is 25.2 Å². The van der Waals surface area contributed by atoms with Gasteiger partial charge in [-0.05, 0) is 12.8 Å². The number of hydrogen-bond donors (Lipinski definition) is 2. The highest BCUT2D eigenvalue weighted by atomic mass is 15.3. The summed E-state index contributed by atoms with van der Waals surface area (Å²) in [6, 6.07) is 0.149. The van der Waals surface area contributed by atoms with Crippen molar-refractivity contribution in [3.8, 4) is 0 Å². The fraction of sp³-hybridized carbons (Fsp3) is 0.667. The molecule has 2 heterocycles. The molecule has 1 saturated carbocycles. The highest BCUT2D eigenvalue weighted by molar-refractivity contribution is 5.97. The molecule has 3 rings (SSSR count). The first kappa shape index (κ1) is 11.4. The van der Waals surface area contributed by atoms with Gasteiger partial charge in [-0.25, -0.2) is 0 Å². The van der Waals surface area contributed by atoms with Crippen LogP contribution >= 0.6 is 0 Å². The van der Waals surface area contributed by atoms with Gasteiger partial charge in [0.25, 0.3) is 0 Å². The molecule has 1 aliphatic carbocycles. The highest BCUT2D eigenvalue weighted by Crippen LogP contribution is 2.27. The van der Waals surface area contributed by atoms with Crippen LogP contribution in [0.25, 0.3) is 0 Å². The van der Waals surface area contributed by atoms with Gasteiger partial charge in [-0.1, -0.05) is 12.8 Å². The van der Waals surface area contributed by atoms with Crippen LogP contribution in [0.1, 0.15) is 37.5 Å². The molecule has 18 heavy (non-hydrogen) atoms. The summed E-state index contributed by atoms with van der Waals surface area (Å²) in [4.78, 5) is 2.18. The molecule has 1 atom stereocenters. The molecule has 2 N–H and O–H groups in total. The maximum Gasteiger partial charge on any atom is 0.135 e. The second-order valence-corrected chi connectivity index (χ2v) is 5.03. The summed E-state index contributed by atoms with van der Waals surface area (Å²) in [5, 5.41) is 24.0. The molecule has 6 heteroatoms. The molecule has 0 aromatic carbocycles. The highest BCUT2D eigenvalue weighted by Gasteiger charge is 2.32. The molecule has 1 fully saturated rings. The number of nitrogens with zero attached hydrogens (tertiary/aromatic N) is 4. The molecule has 1 unspecified atom stereocenters. The number of nitrogens with one attached hydrogen (secondary N) is 2. The minimum Gasteiger partial charge on any atom is -0.355 e. The Kier molecular flexibility index (Phi) is 2.85. The molecule has 0 spiro atoms. The SMILES string of the molecule is N=CC1C(=N)N(C2CCCC2)CCc2nncn21. The van der Waals surface area contributed by atoms with Crippen molar-refractivity contribution in [3.05, 3.63) is 12.2 Å². The fourth-order valence-corrected chi connectivity index (χ4v) is 3.07. The van der Waals surface area contributed by atoms with Crippen LogP contribution in [-0.4, -0.2) is 44.3 Å². The van der Waals surface area contributed by atoms with E-state index >= 15 is 0 Å². The van der Waals surface area contributed by atoms with Gasteiger partial charge in [0.15, 0.2) is 0 Å². The summed E-state index contributed by atoms with van der Waals surface area (Å²) in [5.41, 5.74) is 0. The Labute approximate surface area is 106 Å². The van der Waals surface area contributed by atoms with E-state index in [0.717, 1.165) is 18.8 Å². The van der Waals surface area contributed by atoms with E-state index in [2.05, 4.69) is 15.1 Å². The maximum atomic E-state index is 8.38. The van der Waals surface area contributed by atoms with Crippen LogP contribution in [0.3, 0.4) is 0 Å². The van der Waals surface area contributed by atoms with Crippen molar-refractivity contribution in [3.63, 3.8) is 0 Å². The van der Waals surface area contributed by atoms with E-state index in [-0.39, 0.29) is 6.04 Å². The van der Waals surface area contributed by atoms with E-state index in [9.17, 15) is 0 Å². The van der Waals surface area contributed by atoms with E-state index in [4.69, 9.17) is 10.8 Å². The first-order chi connectivity index (χ1) is 8.81. The van der Waals surface area contributed by atoms with Crippen LogP contribution in [-0.2, 0) is 6.42 Å². The number of amidine groups is 1. The predicted molar refractivity (Wildman–Crippen MR) is 68.2 cm³/mol. The van der Waals surface area contributed by atoms with Crippen LogP contribution in [0.15, 0.2) is 6.33 Å². The zero-order valence-corrected chi connectivity index (χ0v) is 10.3. The van der Waals surface area contributed by atoms with Gasteiger partial charge in [0.2, 0.25) is 0 Å². The van der Waals surface area contributed by atoms with E-state index in [1.165, 1.54) is 31.9 Å². The lowest BCUT2D eigenvalue weighted by Crippen LogP contribution is -2.42. The third-order valence-electron chi connectivity index (χ3n) is 4.04. The van der Waals surface area contributed by atoms with Gasteiger partial charge in [0.1, 0.15) is 24.0 Å². The Morgan fingerprint density at radius 1 is 1.33 bits per heavy atom.